The number of urea groups is 1. The van der Waals surface area contributed by atoms with Gasteiger partial charge in [-0.1, -0.05) is 43.3 Å². The fourth-order valence-electron chi connectivity index (χ4n) is 6.39. The summed E-state index contributed by atoms with van der Waals surface area (Å²) in [6.45, 7) is 6.52. The summed E-state index contributed by atoms with van der Waals surface area (Å²) in [5, 5.41) is 7.07. The largest absolute Gasteiger partial charge is 0.369 e. The molecule has 0 unspecified atom stereocenters. The fraction of sp³-hybridized carbons (Fsp3) is 0.333. The second-order valence-corrected chi connectivity index (χ2v) is 11.1. The van der Waals surface area contributed by atoms with Gasteiger partial charge in [0.05, 0.1) is 5.52 Å². The molecule has 2 N–H and O–H groups in total. The number of hydrogen-bond acceptors (Lipinski definition) is 4. The average Bonchev–Trinajstić information content (AvgIpc) is 2.98. The summed E-state index contributed by atoms with van der Waals surface area (Å²) in [6.07, 6.45) is 6.54. The zero-order valence-corrected chi connectivity index (χ0v) is 22.6. The number of carbonyl (C=O) groups is 1. The summed E-state index contributed by atoms with van der Waals surface area (Å²) >= 11 is 0. The van der Waals surface area contributed by atoms with Crippen LogP contribution >= 0.6 is 0 Å². The number of anilines is 3. The molecule has 39 heavy (non-hydrogen) atoms. The number of carbonyl (C=O) groups excluding carboxylic acids is 1. The number of amides is 2. The van der Waals surface area contributed by atoms with Crippen molar-refractivity contribution in [2.24, 2.45) is 5.92 Å². The van der Waals surface area contributed by atoms with Crippen molar-refractivity contribution in [2.75, 3.05) is 41.7 Å². The molecule has 2 aliphatic rings. The minimum absolute atomic E-state index is 0.00873. The Morgan fingerprint density at radius 3 is 2.33 bits per heavy atom. The van der Waals surface area contributed by atoms with E-state index in [9.17, 15) is 4.79 Å². The highest BCUT2D eigenvalue weighted by atomic mass is 16.2. The van der Waals surface area contributed by atoms with Gasteiger partial charge in [-0.2, -0.15) is 0 Å². The van der Waals surface area contributed by atoms with E-state index in [2.05, 4.69) is 80.9 Å². The maximum atomic E-state index is 12.9. The monoisotopic (exact) mass is 519 g/mol. The molecule has 6 rings (SSSR count). The third-order valence-corrected chi connectivity index (χ3v) is 8.63. The van der Waals surface area contributed by atoms with Crippen LogP contribution in [0, 0.1) is 5.92 Å². The predicted molar refractivity (Wildman–Crippen MR) is 160 cm³/mol. The minimum atomic E-state index is -0.238. The van der Waals surface area contributed by atoms with Crippen LogP contribution < -0.4 is 15.5 Å². The van der Waals surface area contributed by atoms with E-state index in [0.29, 0.717) is 0 Å². The highest BCUT2D eigenvalue weighted by Gasteiger charge is 2.42. The second-order valence-electron chi connectivity index (χ2n) is 11.1. The maximum absolute atomic E-state index is 12.9. The highest BCUT2D eigenvalue weighted by Crippen LogP contribution is 2.45. The Morgan fingerprint density at radius 2 is 1.56 bits per heavy atom. The van der Waals surface area contributed by atoms with Crippen molar-refractivity contribution in [3.8, 4) is 0 Å². The Balaban J connectivity index is 1.18. The molecule has 2 fully saturated rings. The van der Waals surface area contributed by atoms with Gasteiger partial charge in [-0.25, -0.2) is 4.79 Å². The van der Waals surface area contributed by atoms with E-state index in [1.54, 1.807) is 6.20 Å². The van der Waals surface area contributed by atoms with Crippen LogP contribution in [0.15, 0.2) is 91.1 Å². The van der Waals surface area contributed by atoms with Gasteiger partial charge in [0, 0.05) is 60.4 Å². The zero-order chi connectivity index (χ0) is 26.7. The summed E-state index contributed by atoms with van der Waals surface area (Å²) in [4.78, 5) is 22.5. The average molecular weight is 520 g/mol. The van der Waals surface area contributed by atoms with Crippen LogP contribution in [0.4, 0.5) is 21.9 Å². The molecule has 200 valence electrons. The Morgan fingerprint density at radius 1 is 0.821 bits per heavy atom. The lowest BCUT2D eigenvalue weighted by atomic mass is 9.71. The molecule has 2 heterocycles. The van der Waals surface area contributed by atoms with Gasteiger partial charge in [-0.05, 0) is 85.7 Å². The van der Waals surface area contributed by atoms with E-state index in [-0.39, 0.29) is 11.6 Å². The summed E-state index contributed by atoms with van der Waals surface area (Å²) < 4.78 is 0. The standard InChI is InChI=1S/C33H37N5O/c1-25-14-16-33(17-15-25,38-21-19-37(20-22-38)30-10-3-2-4-11-30)27-8-5-9-28(24-27)35-32(39)36-29-12-13-31-26(23-29)7-6-18-34-31/h2-13,18,23-25H,14-17,19-22H2,1H3,(H2,35,36,39). The Kier molecular flexibility index (Phi) is 7.20. The molecule has 1 aliphatic heterocycles. The van der Waals surface area contributed by atoms with Crippen molar-refractivity contribution in [3.05, 3.63) is 96.7 Å². The summed E-state index contributed by atoms with van der Waals surface area (Å²) in [6, 6.07) is 28.7. The third-order valence-electron chi connectivity index (χ3n) is 8.63. The summed E-state index contributed by atoms with van der Waals surface area (Å²) in [5.41, 5.74) is 5.12. The summed E-state index contributed by atoms with van der Waals surface area (Å²) in [5.74, 6) is 0.757. The van der Waals surface area contributed by atoms with E-state index >= 15 is 0 Å². The molecule has 1 aliphatic carbocycles. The van der Waals surface area contributed by atoms with Gasteiger partial charge in [0.25, 0.3) is 0 Å². The molecule has 0 bridgehead atoms. The van der Waals surface area contributed by atoms with Crippen molar-refractivity contribution in [2.45, 2.75) is 38.1 Å². The Labute approximate surface area is 231 Å². The number of piperazine rings is 1. The SMILES string of the molecule is CC1CCC(c2cccc(NC(=O)Nc3ccc4ncccc4c3)c2)(N2CCN(c3ccccc3)CC2)CC1. The van der Waals surface area contributed by atoms with Crippen LogP contribution in [0.3, 0.4) is 0 Å². The van der Waals surface area contributed by atoms with Gasteiger partial charge < -0.3 is 15.5 Å². The molecule has 6 heteroatoms. The Bertz CT molecular complexity index is 1420. The smallest absolute Gasteiger partial charge is 0.323 e. The molecule has 0 atom stereocenters. The van der Waals surface area contributed by atoms with Crippen LogP contribution in [0.5, 0.6) is 0 Å². The molecule has 1 saturated carbocycles. The third kappa shape index (κ3) is 5.48. The second kappa shape index (κ2) is 11.1. The lowest BCUT2D eigenvalue weighted by Crippen LogP contribution is -2.56. The molecular formula is C33H37N5O. The zero-order valence-electron chi connectivity index (χ0n) is 22.6. The first-order valence-corrected chi connectivity index (χ1v) is 14.2. The lowest BCUT2D eigenvalue weighted by Gasteiger charge is -2.51. The number of fused-ring (bicyclic) bond motifs is 1. The first-order chi connectivity index (χ1) is 19.1. The molecule has 4 aromatic rings. The van der Waals surface area contributed by atoms with Gasteiger partial charge >= 0.3 is 6.03 Å². The molecule has 2 amide bonds. The molecule has 1 aromatic heterocycles. The van der Waals surface area contributed by atoms with Crippen molar-refractivity contribution < 1.29 is 4.79 Å². The number of rotatable bonds is 5. The molecule has 3 aromatic carbocycles. The van der Waals surface area contributed by atoms with E-state index in [0.717, 1.165) is 67.2 Å². The van der Waals surface area contributed by atoms with E-state index < -0.39 is 0 Å². The Hall–Kier alpha value is -3.90. The molecule has 0 radical (unpaired) electrons. The van der Waals surface area contributed by atoms with Gasteiger partial charge in [-0.15, -0.1) is 0 Å². The van der Waals surface area contributed by atoms with Crippen LogP contribution in [0.25, 0.3) is 10.9 Å². The molecule has 1 saturated heterocycles. The van der Waals surface area contributed by atoms with Crippen LogP contribution in [-0.2, 0) is 5.54 Å². The predicted octanol–water partition coefficient (Wildman–Crippen LogP) is 7.11. The van der Waals surface area contributed by atoms with E-state index in [4.69, 9.17) is 0 Å². The van der Waals surface area contributed by atoms with Gasteiger partial charge in [0.15, 0.2) is 0 Å². The highest BCUT2D eigenvalue weighted by molar-refractivity contribution is 6.01. The topological polar surface area (TPSA) is 60.5 Å². The number of hydrogen-bond donors (Lipinski definition) is 2. The first kappa shape index (κ1) is 25.4. The van der Waals surface area contributed by atoms with Gasteiger partial charge in [-0.3, -0.25) is 9.88 Å². The number of para-hydroxylation sites is 1. The maximum Gasteiger partial charge on any atom is 0.323 e. The van der Waals surface area contributed by atoms with Crippen molar-refractivity contribution in [1.29, 1.82) is 0 Å². The minimum Gasteiger partial charge on any atom is -0.369 e. The number of pyridine rings is 1. The van der Waals surface area contributed by atoms with E-state index in [1.165, 1.54) is 24.1 Å². The quantitative estimate of drug-likeness (QED) is 0.295. The number of aromatic nitrogens is 1. The number of nitrogens with zero attached hydrogens (tertiary/aromatic N) is 3. The first-order valence-electron chi connectivity index (χ1n) is 14.2. The van der Waals surface area contributed by atoms with E-state index in [1.807, 2.05) is 36.4 Å². The number of benzene rings is 3. The van der Waals surface area contributed by atoms with Crippen LogP contribution in [-0.4, -0.2) is 42.1 Å². The lowest BCUT2D eigenvalue weighted by molar-refractivity contribution is 0.0299. The normalized spacial score (nSPS) is 22.0. The number of nitrogens with one attached hydrogen (secondary N) is 2. The van der Waals surface area contributed by atoms with Gasteiger partial charge in [0.1, 0.15) is 0 Å². The van der Waals surface area contributed by atoms with Crippen LogP contribution in [0.2, 0.25) is 0 Å². The van der Waals surface area contributed by atoms with Crippen LogP contribution in [0.1, 0.15) is 38.2 Å². The fourth-order valence-corrected chi connectivity index (χ4v) is 6.39. The molecule has 0 spiro atoms. The molecule has 6 nitrogen and oxygen atoms in total. The van der Waals surface area contributed by atoms with Crippen molar-refractivity contribution in [1.82, 2.24) is 9.88 Å². The summed E-state index contributed by atoms with van der Waals surface area (Å²) in [7, 11) is 0. The van der Waals surface area contributed by atoms with Gasteiger partial charge in [0.2, 0.25) is 0 Å². The molecular weight excluding hydrogens is 482 g/mol. The van der Waals surface area contributed by atoms with Crippen molar-refractivity contribution in [3.63, 3.8) is 0 Å². The van der Waals surface area contributed by atoms with Crippen molar-refractivity contribution >= 4 is 34.0 Å².